The molecule has 3 aromatic rings. The summed E-state index contributed by atoms with van der Waals surface area (Å²) in [5.41, 5.74) is 2.29. The van der Waals surface area contributed by atoms with Crippen LogP contribution in [0.1, 0.15) is 17.2 Å². The van der Waals surface area contributed by atoms with Crippen molar-refractivity contribution in [1.82, 2.24) is 5.32 Å². The van der Waals surface area contributed by atoms with Crippen LogP contribution in [0, 0.1) is 0 Å². The van der Waals surface area contributed by atoms with Gasteiger partial charge >= 0.3 is 0 Å². The van der Waals surface area contributed by atoms with Crippen molar-refractivity contribution in [1.29, 1.82) is 0 Å². The molecule has 1 N–H and O–H groups in total. The molecule has 1 nitrogen and oxygen atoms in total. The van der Waals surface area contributed by atoms with Crippen LogP contribution in [0.5, 0.6) is 0 Å². The Morgan fingerprint density at radius 2 is 1.95 bits per heavy atom. The zero-order chi connectivity index (χ0) is 13.4. The SMILES string of the molecule is CNC(c1cc(Cl)sc1Cl)c1csc2ccccc12. The zero-order valence-electron chi connectivity index (χ0n) is 10.1. The van der Waals surface area contributed by atoms with E-state index in [0.29, 0.717) is 0 Å². The highest BCUT2D eigenvalue weighted by Crippen LogP contribution is 2.40. The third-order valence-electron chi connectivity index (χ3n) is 3.10. The summed E-state index contributed by atoms with van der Waals surface area (Å²) >= 11 is 15.5. The molecule has 0 bridgehead atoms. The quantitative estimate of drug-likeness (QED) is 0.662. The number of thiophene rings is 2. The van der Waals surface area contributed by atoms with Gasteiger partial charge in [0, 0.05) is 10.3 Å². The monoisotopic (exact) mass is 327 g/mol. The average Bonchev–Trinajstić information content (AvgIpc) is 2.96. The van der Waals surface area contributed by atoms with Crippen molar-refractivity contribution in [2.75, 3.05) is 7.05 Å². The number of nitrogens with one attached hydrogen (secondary N) is 1. The fraction of sp³-hybridized carbons (Fsp3) is 0.143. The van der Waals surface area contributed by atoms with Gasteiger partial charge in [0.1, 0.15) is 0 Å². The van der Waals surface area contributed by atoms with Crippen molar-refractivity contribution in [3.05, 3.63) is 55.5 Å². The highest BCUT2D eigenvalue weighted by molar-refractivity contribution is 7.20. The van der Waals surface area contributed by atoms with Crippen molar-refractivity contribution in [3.63, 3.8) is 0 Å². The maximum absolute atomic E-state index is 6.28. The van der Waals surface area contributed by atoms with Crippen molar-refractivity contribution < 1.29 is 0 Å². The van der Waals surface area contributed by atoms with Crippen LogP contribution in [0.25, 0.3) is 10.1 Å². The van der Waals surface area contributed by atoms with Gasteiger partial charge < -0.3 is 5.32 Å². The lowest BCUT2D eigenvalue weighted by Gasteiger charge is -2.15. The Balaban J connectivity index is 2.15. The van der Waals surface area contributed by atoms with E-state index < -0.39 is 0 Å². The topological polar surface area (TPSA) is 12.0 Å². The van der Waals surface area contributed by atoms with E-state index >= 15 is 0 Å². The molecule has 2 aromatic heterocycles. The Labute approximate surface area is 129 Å². The smallest absolute Gasteiger partial charge is 0.0995 e. The lowest BCUT2D eigenvalue weighted by molar-refractivity contribution is 0.701. The van der Waals surface area contributed by atoms with E-state index in [1.807, 2.05) is 13.1 Å². The molecule has 0 amide bonds. The second-order valence-electron chi connectivity index (χ2n) is 4.19. The third kappa shape index (κ3) is 2.41. The molecule has 98 valence electrons. The fourth-order valence-corrected chi connectivity index (χ4v) is 4.77. The van der Waals surface area contributed by atoms with Gasteiger partial charge in [-0.05, 0) is 35.5 Å². The highest BCUT2D eigenvalue weighted by Gasteiger charge is 2.20. The van der Waals surface area contributed by atoms with E-state index in [2.05, 4.69) is 35.0 Å². The Hall–Kier alpha value is -0.580. The summed E-state index contributed by atoms with van der Waals surface area (Å²) in [6, 6.07) is 10.4. The molecule has 2 heterocycles. The van der Waals surface area contributed by atoms with Crippen molar-refractivity contribution in [3.8, 4) is 0 Å². The summed E-state index contributed by atoms with van der Waals surface area (Å²) in [7, 11) is 1.94. The summed E-state index contributed by atoms with van der Waals surface area (Å²) < 4.78 is 2.76. The number of hydrogen-bond donors (Lipinski definition) is 1. The normalized spacial score (nSPS) is 13.0. The summed E-state index contributed by atoms with van der Waals surface area (Å²) in [5, 5.41) is 6.79. The largest absolute Gasteiger partial charge is 0.309 e. The molecule has 0 aliphatic heterocycles. The standard InChI is InChI=1S/C14H11Cl2NS2/c1-17-13(9-6-12(15)19-14(9)16)10-7-18-11-5-3-2-4-8(10)11/h2-7,13,17H,1H3. The summed E-state index contributed by atoms with van der Waals surface area (Å²) in [6.45, 7) is 0. The molecular weight excluding hydrogens is 317 g/mol. The summed E-state index contributed by atoms with van der Waals surface area (Å²) in [5.74, 6) is 0. The molecule has 0 fully saturated rings. The van der Waals surface area contributed by atoms with Gasteiger partial charge in [0.25, 0.3) is 0 Å². The summed E-state index contributed by atoms with van der Waals surface area (Å²) in [6.07, 6.45) is 0. The van der Waals surface area contributed by atoms with Gasteiger partial charge in [0.2, 0.25) is 0 Å². The minimum absolute atomic E-state index is 0.0763. The number of fused-ring (bicyclic) bond motifs is 1. The molecule has 0 radical (unpaired) electrons. The third-order valence-corrected chi connectivity index (χ3v) is 5.60. The van der Waals surface area contributed by atoms with Gasteiger partial charge in [-0.1, -0.05) is 41.4 Å². The molecule has 1 aromatic carbocycles. The molecular formula is C14H11Cl2NS2. The first-order valence-electron chi connectivity index (χ1n) is 5.79. The maximum Gasteiger partial charge on any atom is 0.0995 e. The predicted molar refractivity (Wildman–Crippen MR) is 87.1 cm³/mol. The van der Waals surface area contributed by atoms with Crippen LogP contribution in [-0.2, 0) is 0 Å². The first-order valence-corrected chi connectivity index (χ1v) is 8.24. The molecule has 1 atom stereocenters. The van der Waals surface area contributed by atoms with Crippen LogP contribution in [0.2, 0.25) is 8.67 Å². The maximum atomic E-state index is 6.28. The highest BCUT2D eigenvalue weighted by atomic mass is 35.5. The molecule has 0 saturated carbocycles. The second-order valence-corrected chi connectivity index (χ2v) is 7.39. The zero-order valence-corrected chi connectivity index (χ0v) is 13.3. The van der Waals surface area contributed by atoms with E-state index in [4.69, 9.17) is 23.2 Å². The van der Waals surface area contributed by atoms with Gasteiger partial charge in [0.05, 0.1) is 14.7 Å². The fourth-order valence-electron chi connectivity index (χ4n) is 2.25. The number of hydrogen-bond acceptors (Lipinski definition) is 3. The van der Waals surface area contributed by atoms with E-state index in [1.165, 1.54) is 27.0 Å². The summed E-state index contributed by atoms with van der Waals surface area (Å²) in [4.78, 5) is 0. The molecule has 0 saturated heterocycles. The predicted octanol–water partition coefficient (Wildman–Crippen LogP) is 5.58. The second kappa shape index (κ2) is 5.43. The molecule has 1 unspecified atom stereocenters. The number of rotatable bonds is 3. The van der Waals surface area contributed by atoms with E-state index in [-0.39, 0.29) is 6.04 Å². The molecule has 0 spiro atoms. The van der Waals surface area contributed by atoms with E-state index in [0.717, 1.165) is 14.2 Å². The lowest BCUT2D eigenvalue weighted by atomic mass is 10.0. The molecule has 5 heteroatoms. The number of halogens is 2. The van der Waals surface area contributed by atoms with Gasteiger partial charge in [-0.25, -0.2) is 0 Å². The molecule has 0 aliphatic rings. The van der Waals surface area contributed by atoms with Gasteiger partial charge in [-0.2, -0.15) is 0 Å². The van der Waals surface area contributed by atoms with Crippen LogP contribution in [-0.4, -0.2) is 7.05 Å². The first kappa shape index (κ1) is 13.4. The van der Waals surface area contributed by atoms with Gasteiger partial charge in [-0.3, -0.25) is 0 Å². The van der Waals surface area contributed by atoms with Crippen molar-refractivity contribution in [2.24, 2.45) is 0 Å². The van der Waals surface area contributed by atoms with E-state index in [9.17, 15) is 0 Å². The van der Waals surface area contributed by atoms with Crippen LogP contribution in [0.3, 0.4) is 0 Å². The van der Waals surface area contributed by atoms with Crippen LogP contribution < -0.4 is 5.32 Å². The Bertz CT molecular complexity index is 717. The Kier molecular flexibility index (Phi) is 3.83. The Morgan fingerprint density at radius 3 is 2.63 bits per heavy atom. The minimum Gasteiger partial charge on any atom is -0.309 e. The van der Waals surface area contributed by atoms with Crippen molar-refractivity contribution in [2.45, 2.75) is 6.04 Å². The molecule has 19 heavy (non-hydrogen) atoms. The first-order chi connectivity index (χ1) is 9.20. The minimum atomic E-state index is 0.0763. The van der Waals surface area contributed by atoms with E-state index in [1.54, 1.807) is 11.3 Å². The number of benzene rings is 1. The van der Waals surface area contributed by atoms with Gasteiger partial charge in [0.15, 0.2) is 0 Å². The van der Waals surface area contributed by atoms with Crippen LogP contribution in [0.4, 0.5) is 0 Å². The molecule has 3 rings (SSSR count). The Morgan fingerprint density at radius 1 is 1.16 bits per heavy atom. The average molecular weight is 328 g/mol. The van der Waals surface area contributed by atoms with Gasteiger partial charge in [-0.15, -0.1) is 22.7 Å². The lowest BCUT2D eigenvalue weighted by Crippen LogP contribution is -2.16. The van der Waals surface area contributed by atoms with Crippen molar-refractivity contribution >= 4 is 56.0 Å². The van der Waals surface area contributed by atoms with Crippen LogP contribution >= 0.6 is 45.9 Å². The van der Waals surface area contributed by atoms with Crippen LogP contribution in [0.15, 0.2) is 35.7 Å². The molecule has 0 aliphatic carbocycles.